The van der Waals surface area contributed by atoms with Gasteiger partial charge in [0.25, 0.3) is 5.91 Å². The number of aromatic nitrogens is 2. The highest BCUT2D eigenvalue weighted by Crippen LogP contribution is 2.22. The molecule has 0 radical (unpaired) electrons. The molecule has 1 aromatic heterocycles. The van der Waals surface area contributed by atoms with Gasteiger partial charge in [0.05, 0.1) is 0 Å². The zero-order valence-corrected chi connectivity index (χ0v) is 15.2. The molecule has 1 amide bonds. The summed E-state index contributed by atoms with van der Waals surface area (Å²) in [6, 6.07) is 15.4. The lowest BCUT2D eigenvalue weighted by molar-refractivity contribution is 0.102. The molecule has 0 aliphatic carbocycles. The second-order valence-corrected chi connectivity index (χ2v) is 6.12. The van der Waals surface area contributed by atoms with Crippen molar-refractivity contribution in [3.8, 4) is 0 Å². The Morgan fingerprint density at radius 3 is 2.46 bits per heavy atom. The maximum atomic E-state index is 12.6. The smallest absolute Gasteiger partial charge is 0.274 e. The van der Waals surface area contributed by atoms with Crippen molar-refractivity contribution in [1.82, 2.24) is 9.97 Å². The molecule has 2 N–H and O–H groups in total. The van der Waals surface area contributed by atoms with E-state index < -0.39 is 0 Å². The minimum absolute atomic E-state index is 0.252. The highest BCUT2D eigenvalue weighted by Gasteiger charge is 2.12. The Balaban J connectivity index is 1.82. The van der Waals surface area contributed by atoms with Crippen LogP contribution in [-0.4, -0.2) is 15.9 Å². The van der Waals surface area contributed by atoms with Gasteiger partial charge in [-0.2, -0.15) is 0 Å². The normalized spacial score (nSPS) is 10.4. The van der Waals surface area contributed by atoms with Crippen LogP contribution in [0.3, 0.4) is 0 Å². The molecule has 5 nitrogen and oxygen atoms in total. The average molecular weight is 346 g/mol. The summed E-state index contributed by atoms with van der Waals surface area (Å²) in [6.07, 6.45) is 2.43. The lowest BCUT2D eigenvalue weighted by Gasteiger charge is -2.12. The van der Waals surface area contributed by atoms with Gasteiger partial charge in [-0.05, 0) is 49.1 Å². The molecular formula is C21H22N4O. The third kappa shape index (κ3) is 3.88. The van der Waals surface area contributed by atoms with Gasteiger partial charge in [-0.15, -0.1) is 0 Å². The molecule has 2 aromatic carbocycles. The number of rotatable bonds is 5. The van der Waals surface area contributed by atoms with Gasteiger partial charge in [-0.3, -0.25) is 4.79 Å². The maximum absolute atomic E-state index is 12.6. The predicted molar refractivity (Wildman–Crippen MR) is 105 cm³/mol. The monoisotopic (exact) mass is 346 g/mol. The minimum Gasteiger partial charge on any atom is -0.324 e. The van der Waals surface area contributed by atoms with Crippen LogP contribution >= 0.6 is 0 Å². The Morgan fingerprint density at radius 1 is 1.00 bits per heavy atom. The van der Waals surface area contributed by atoms with E-state index in [2.05, 4.69) is 27.5 Å². The molecule has 0 fully saturated rings. The summed E-state index contributed by atoms with van der Waals surface area (Å²) in [7, 11) is 0. The van der Waals surface area contributed by atoms with Gasteiger partial charge in [0.2, 0.25) is 5.95 Å². The number of amides is 1. The second kappa shape index (κ2) is 7.78. The summed E-state index contributed by atoms with van der Waals surface area (Å²) < 4.78 is 0. The lowest BCUT2D eigenvalue weighted by atomic mass is 10.1. The van der Waals surface area contributed by atoms with Gasteiger partial charge < -0.3 is 10.6 Å². The Kier molecular flexibility index (Phi) is 5.27. The van der Waals surface area contributed by atoms with E-state index >= 15 is 0 Å². The molecule has 26 heavy (non-hydrogen) atoms. The van der Waals surface area contributed by atoms with Crippen LogP contribution in [0.5, 0.6) is 0 Å². The van der Waals surface area contributed by atoms with Crippen LogP contribution in [-0.2, 0) is 6.42 Å². The van der Waals surface area contributed by atoms with E-state index in [4.69, 9.17) is 0 Å². The summed E-state index contributed by atoms with van der Waals surface area (Å²) in [4.78, 5) is 21.2. The van der Waals surface area contributed by atoms with E-state index in [-0.39, 0.29) is 5.91 Å². The summed E-state index contributed by atoms with van der Waals surface area (Å²) in [6.45, 7) is 6.10. The van der Waals surface area contributed by atoms with Crippen molar-refractivity contribution in [2.45, 2.75) is 27.2 Å². The van der Waals surface area contributed by atoms with Crippen LogP contribution in [0.25, 0.3) is 0 Å². The summed E-state index contributed by atoms with van der Waals surface area (Å²) >= 11 is 0. The quantitative estimate of drug-likeness (QED) is 0.705. The molecule has 0 atom stereocenters. The first kappa shape index (κ1) is 17.6. The second-order valence-electron chi connectivity index (χ2n) is 6.12. The molecule has 132 valence electrons. The zero-order chi connectivity index (χ0) is 18.5. The number of aryl methyl sites for hydroxylation is 3. The van der Waals surface area contributed by atoms with E-state index in [0.29, 0.717) is 11.6 Å². The molecule has 5 heteroatoms. The van der Waals surface area contributed by atoms with Gasteiger partial charge >= 0.3 is 0 Å². The first-order valence-electron chi connectivity index (χ1n) is 8.64. The Hall–Kier alpha value is -3.21. The topological polar surface area (TPSA) is 66.9 Å². The van der Waals surface area contributed by atoms with Crippen molar-refractivity contribution >= 4 is 23.2 Å². The van der Waals surface area contributed by atoms with E-state index in [1.165, 1.54) is 0 Å². The third-order valence-corrected chi connectivity index (χ3v) is 4.25. The van der Waals surface area contributed by atoms with Gasteiger partial charge in [-0.1, -0.05) is 43.3 Å². The molecule has 0 bridgehead atoms. The van der Waals surface area contributed by atoms with Crippen molar-refractivity contribution in [2.24, 2.45) is 0 Å². The Morgan fingerprint density at radius 2 is 1.73 bits per heavy atom. The maximum Gasteiger partial charge on any atom is 0.274 e. The summed E-state index contributed by atoms with van der Waals surface area (Å²) in [5, 5.41) is 6.15. The predicted octanol–water partition coefficient (Wildman–Crippen LogP) is 4.65. The van der Waals surface area contributed by atoms with Gasteiger partial charge in [-0.25, -0.2) is 9.97 Å². The van der Waals surface area contributed by atoms with Crippen LogP contribution in [0.4, 0.5) is 17.3 Å². The fourth-order valence-corrected chi connectivity index (χ4v) is 2.81. The van der Waals surface area contributed by atoms with Gasteiger partial charge in [0.15, 0.2) is 0 Å². The lowest BCUT2D eigenvalue weighted by Crippen LogP contribution is -2.16. The van der Waals surface area contributed by atoms with E-state index in [0.717, 1.165) is 34.5 Å². The standard InChI is InChI=1S/C21H22N4O/c1-4-16-10-5-6-11-17(16)23-20(26)18-12-13-22-21(24-18)25-19-14(2)8-7-9-15(19)3/h5-13H,4H2,1-3H3,(H,23,26)(H,22,24,25). The highest BCUT2D eigenvalue weighted by molar-refractivity contribution is 6.03. The molecule has 0 aliphatic heterocycles. The molecule has 3 rings (SSSR count). The summed E-state index contributed by atoms with van der Waals surface area (Å²) in [5.41, 5.74) is 5.37. The molecular weight excluding hydrogens is 324 g/mol. The van der Waals surface area contributed by atoms with Crippen molar-refractivity contribution in [2.75, 3.05) is 10.6 Å². The average Bonchev–Trinajstić information content (AvgIpc) is 2.65. The first-order valence-corrected chi connectivity index (χ1v) is 8.64. The highest BCUT2D eigenvalue weighted by atomic mass is 16.1. The first-order chi connectivity index (χ1) is 12.6. The van der Waals surface area contributed by atoms with Crippen LogP contribution in [0, 0.1) is 13.8 Å². The number of hydrogen-bond donors (Lipinski definition) is 2. The number of para-hydroxylation sites is 2. The fraction of sp³-hybridized carbons (Fsp3) is 0.190. The molecule has 0 spiro atoms. The summed E-state index contributed by atoms with van der Waals surface area (Å²) in [5.74, 6) is 0.150. The molecule has 1 heterocycles. The van der Waals surface area contributed by atoms with Gasteiger partial charge in [0, 0.05) is 17.6 Å². The number of carbonyl (C=O) groups excluding carboxylic acids is 1. The number of benzene rings is 2. The van der Waals surface area contributed by atoms with E-state index in [9.17, 15) is 4.79 Å². The number of carbonyl (C=O) groups is 1. The Labute approximate surface area is 153 Å². The molecule has 0 unspecified atom stereocenters. The van der Waals surface area contributed by atoms with Crippen LogP contribution in [0.15, 0.2) is 54.7 Å². The number of hydrogen-bond acceptors (Lipinski definition) is 4. The molecule has 0 saturated heterocycles. The van der Waals surface area contributed by atoms with Crippen LogP contribution < -0.4 is 10.6 Å². The van der Waals surface area contributed by atoms with Crippen molar-refractivity contribution in [3.63, 3.8) is 0 Å². The SMILES string of the molecule is CCc1ccccc1NC(=O)c1ccnc(Nc2c(C)cccc2C)n1. The number of anilines is 3. The van der Waals surface area contributed by atoms with E-state index in [1.807, 2.05) is 56.3 Å². The largest absolute Gasteiger partial charge is 0.324 e. The zero-order valence-electron chi connectivity index (χ0n) is 15.2. The third-order valence-electron chi connectivity index (χ3n) is 4.25. The van der Waals surface area contributed by atoms with Crippen molar-refractivity contribution < 1.29 is 4.79 Å². The van der Waals surface area contributed by atoms with Crippen molar-refractivity contribution in [3.05, 3.63) is 77.1 Å². The van der Waals surface area contributed by atoms with Crippen LogP contribution in [0.2, 0.25) is 0 Å². The number of nitrogens with zero attached hydrogens (tertiary/aromatic N) is 2. The minimum atomic E-state index is -0.252. The van der Waals surface area contributed by atoms with Crippen LogP contribution in [0.1, 0.15) is 34.1 Å². The number of nitrogens with one attached hydrogen (secondary N) is 2. The molecule has 0 aliphatic rings. The Bertz CT molecular complexity index is 917. The molecule has 0 saturated carbocycles. The molecule has 3 aromatic rings. The van der Waals surface area contributed by atoms with E-state index in [1.54, 1.807) is 12.3 Å². The fourth-order valence-electron chi connectivity index (χ4n) is 2.81. The van der Waals surface area contributed by atoms with Crippen molar-refractivity contribution in [1.29, 1.82) is 0 Å². The van der Waals surface area contributed by atoms with Gasteiger partial charge in [0.1, 0.15) is 5.69 Å².